The molecule has 0 aliphatic heterocycles. The molecule has 0 heterocycles. The van der Waals surface area contributed by atoms with Gasteiger partial charge in [-0.15, -0.1) is 0 Å². The van der Waals surface area contributed by atoms with E-state index in [4.69, 9.17) is 5.26 Å². The first-order valence-electron chi connectivity index (χ1n) is 6.00. The van der Waals surface area contributed by atoms with Crippen molar-refractivity contribution in [1.29, 1.82) is 5.26 Å². The van der Waals surface area contributed by atoms with E-state index in [2.05, 4.69) is 9.46 Å². The Morgan fingerprint density at radius 1 is 1.35 bits per heavy atom. The Bertz CT molecular complexity index is 588. The fourth-order valence-corrected chi connectivity index (χ4v) is 2.64. The van der Waals surface area contributed by atoms with Crippen LogP contribution in [-0.4, -0.2) is 27.2 Å². The van der Waals surface area contributed by atoms with Gasteiger partial charge in [-0.3, -0.25) is 9.52 Å². The predicted molar refractivity (Wildman–Crippen MR) is 74.4 cm³/mol. The molecule has 0 saturated heterocycles. The summed E-state index contributed by atoms with van der Waals surface area (Å²) in [5, 5.41) is 8.54. The highest BCUT2D eigenvalue weighted by Crippen LogP contribution is 2.12. The molecule has 6 nitrogen and oxygen atoms in total. The monoisotopic (exact) mass is 296 g/mol. The molecule has 1 aromatic rings. The summed E-state index contributed by atoms with van der Waals surface area (Å²) in [6.45, 7) is 0. The number of hydrogen-bond donors (Lipinski definition) is 1. The van der Waals surface area contributed by atoms with Crippen molar-refractivity contribution in [3.8, 4) is 6.07 Å². The average Bonchev–Trinajstić information content (AvgIpc) is 2.40. The van der Waals surface area contributed by atoms with Crippen molar-refractivity contribution in [3.63, 3.8) is 0 Å². The van der Waals surface area contributed by atoms with Crippen LogP contribution in [0.25, 0.3) is 0 Å². The molecule has 0 unspecified atom stereocenters. The van der Waals surface area contributed by atoms with Crippen molar-refractivity contribution in [3.05, 3.63) is 29.8 Å². The van der Waals surface area contributed by atoms with Crippen molar-refractivity contribution < 1.29 is 17.9 Å². The number of benzene rings is 1. The Labute approximate surface area is 118 Å². The van der Waals surface area contributed by atoms with E-state index in [1.165, 1.54) is 7.11 Å². The number of hydrogen-bond acceptors (Lipinski definition) is 5. The summed E-state index contributed by atoms with van der Waals surface area (Å²) >= 11 is 0. The number of rotatable bonds is 7. The molecular formula is C13H16N2O4S. The predicted octanol–water partition coefficient (Wildman–Crippen LogP) is 1.45. The third kappa shape index (κ3) is 5.71. The summed E-state index contributed by atoms with van der Waals surface area (Å²) in [6, 6.07) is 8.60. The molecule has 0 aromatic heterocycles. The fourth-order valence-electron chi connectivity index (χ4n) is 1.52. The molecule has 1 aromatic carbocycles. The molecule has 1 N–H and O–H groups in total. The van der Waals surface area contributed by atoms with Crippen LogP contribution < -0.4 is 4.72 Å². The lowest BCUT2D eigenvalue weighted by molar-refractivity contribution is -0.140. The van der Waals surface area contributed by atoms with Crippen LogP contribution in [0.2, 0.25) is 0 Å². The largest absolute Gasteiger partial charge is 0.469 e. The standard InChI is InChI=1S/C13H16N2O4S/c1-19-13(16)3-2-10-20(17,18)15-12-6-4-11(5-7-12)8-9-14/h4-7,15H,2-3,8,10H2,1H3. The Kier molecular flexibility index (Phi) is 6.00. The number of esters is 1. The molecule has 0 saturated carbocycles. The lowest BCUT2D eigenvalue weighted by Crippen LogP contribution is -2.17. The minimum absolute atomic E-state index is 0.0680. The SMILES string of the molecule is COC(=O)CCCS(=O)(=O)Nc1ccc(CC#N)cc1. The van der Waals surface area contributed by atoms with E-state index >= 15 is 0 Å². The maximum absolute atomic E-state index is 11.8. The Hall–Kier alpha value is -2.07. The number of carbonyl (C=O) groups excluding carboxylic acids is 1. The maximum atomic E-state index is 11.8. The van der Waals surface area contributed by atoms with Crippen LogP contribution in [0.15, 0.2) is 24.3 Å². The van der Waals surface area contributed by atoms with Gasteiger partial charge < -0.3 is 4.74 Å². The fraction of sp³-hybridized carbons (Fsp3) is 0.385. The molecule has 0 radical (unpaired) electrons. The number of carbonyl (C=O) groups is 1. The zero-order valence-electron chi connectivity index (χ0n) is 11.1. The first-order valence-corrected chi connectivity index (χ1v) is 7.65. The van der Waals surface area contributed by atoms with Gasteiger partial charge in [-0.25, -0.2) is 8.42 Å². The lowest BCUT2D eigenvalue weighted by Gasteiger charge is -2.08. The molecule has 7 heteroatoms. The van der Waals surface area contributed by atoms with E-state index in [-0.39, 0.29) is 25.0 Å². The van der Waals surface area contributed by atoms with E-state index in [0.29, 0.717) is 5.69 Å². The lowest BCUT2D eigenvalue weighted by atomic mass is 10.1. The molecule has 0 bridgehead atoms. The van der Waals surface area contributed by atoms with Crippen LogP contribution >= 0.6 is 0 Å². The van der Waals surface area contributed by atoms with Gasteiger partial charge >= 0.3 is 5.97 Å². The van der Waals surface area contributed by atoms with Gasteiger partial charge in [0.2, 0.25) is 10.0 Å². The molecule has 20 heavy (non-hydrogen) atoms. The maximum Gasteiger partial charge on any atom is 0.305 e. The summed E-state index contributed by atoms with van der Waals surface area (Å²) < 4.78 is 30.4. The smallest absolute Gasteiger partial charge is 0.305 e. The van der Waals surface area contributed by atoms with Crippen molar-refractivity contribution in [2.45, 2.75) is 19.3 Å². The van der Waals surface area contributed by atoms with Crippen LogP contribution in [0.4, 0.5) is 5.69 Å². The summed E-state index contributed by atoms with van der Waals surface area (Å²) in [5.74, 6) is -0.580. The van der Waals surface area contributed by atoms with Gasteiger partial charge in [-0.05, 0) is 24.1 Å². The summed E-state index contributed by atoms with van der Waals surface area (Å²) in [4.78, 5) is 10.9. The highest BCUT2D eigenvalue weighted by Gasteiger charge is 2.11. The van der Waals surface area contributed by atoms with Gasteiger partial charge in [-0.2, -0.15) is 5.26 Å². The Morgan fingerprint density at radius 2 is 2.00 bits per heavy atom. The number of nitriles is 1. The minimum Gasteiger partial charge on any atom is -0.469 e. The van der Waals surface area contributed by atoms with Crippen LogP contribution in [0, 0.1) is 11.3 Å². The molecule has 0 spiro atoms. The second-order valence-electron chi connectivity index (χ2n) is 4.13. The first-order chi connectivity index (χ1) is 9.46. The normalized spacial score (nSPS) is 10.6. The topological polar surface area (TPSA) is 96.3 Å². The number of methoxy groups -OCH3 is 1. The van der Waals surface area contributed by atoms with Gasteiger partial charge in [0.05, 0.1) is 25.4 Å². The average molecular weight is 296 g/mol. The first kappa shape index (κ1) is 16.0. The van der Waals surface area contributed by atoms with Crippen LogP contribution in [0.3, 0.4) is 0 Å². The van der Waals surface area contributed by atoms with Crippen molar-refractivity contribution in [2.24, 2.45) is 0 Å². The summed E-state index contributed by atoms with van der Waals surface area (Å²) in [7, 11) is -2.22. The molecule has 1 rings (SSSR count). The third-order valence-electron chi connectivity index (χ3n) is 2.53. The van der Waals surface area contributed by atoms with Crippen molar-refractivity contribution in [2.75, 3.05) is 17.6 Å². The second-order valence-corrected chi connectivity index (χ2v) is 5.97. The highest BCUT2D eigenvalue weighted by molar-refractivity contribution is 7.92. The molecule has 0 fully saturated rings. The van der Waals surface area contributed by atoms with Gasteiger partial charge in [-0.1, -0.05) is 12.1 Å². The van der Waals surface area contributed by atoms with Crippen LogP contribution in [0.1, 0.15) is 18.4 Å². The number of ether oxygens (including phenoxy) is 1. The number of anilines is 1. The Balaban J connectivity index is 2.53. The van der Waals surface area contributed by atoms with Crippen LogP contribution in [0.5, 0.6) is 0 Å². The van der Waals surface area contributed by atoms with Gasteiger partial charge in [0.25, 0.3) is 0 Å². The molecular weight excluding hydrogens is 280 g/mol. The number of nitrogens with zero attached hydrogens (tertiary/aromatic N) is 1. The summed E-state index contributed by atoms with van der Waals surface area (Å²) in [5.41, 5.74) is 1.26. The zero-order chi connectivity index (χ0) is 15.0. The zero-order valence-corrected chi connectivity index (χ0v) is 11.9. The van der Waals surface area contributed by atoms with Crippen molar-refractivity contribution >= 4 is 21.7 Å². The Morgan fingerprint density at radius 3 is 2.55 bits per heavy atom. The number of sulfonamides is 1. The molecule has 0 amide bonds. The van der Waals surface area contributed by atoms with Crippen molar-refractivity contribution in [1.82, 2.24) is 0 Å². The van der Waals surface area contributed by atoms with Gasteiger partial charge in [0.1, 0.15) is 0 Å². The number of nitrogens with one attached hydrogen (secondary N) is 1. The van der Waals surface area contributed by atoms with Crippen LogP contribution in [-0.2, 0) is 26.0 Å². The van der Waals surface area contributed by atoms with E-state index in [1.807, 2.05) is 6.07 Å². The molecule has 108 valence electrons. The van der Waals surface area contributed by atoms with Gasteiger partial charge in [0.15, 0.2) is 0 Å². The quantitative estimate of drug-likeness (QED) is 0.768. The summed E-state index contributed by atoms with van der Waals surface area (Å²) in [6.07, 6.45) is 0.555. The highest BCUT2D eigenvalue weighted by atomic mass is 32.2. The molecule has 0 aliphatic rings. The van der Waals surface area contributed by atoms with E-state index < -0.39 is 16.0 Å². The molecule has 0 aliphatic carbocycles. The van der Waals surface area contributed by atoms with E-state index in [9.17, 15) is 13.2 Å². The minimum atomic E-state index is -3.49. The van der Waals surface area contributed by atoms with E-state index in [1.54, 1.807) is 24.3 Å². The molecule has 0 atom stereocenters. The third-order valence-corrected chi connectivity index (χ3v) is 3.90. The van der Waals surface area contributed by atoms with Gasteiger partial charge in [0, 0.05) is 12.1 Å². The second kappa shape index (κ2) is 7.50. The van der Waals surface area contributed by atoms with E-state index in [0.717, 1.165) is 5.56 Å².